The van der Waals surface area contributed by atoms with Gasteiger partial charge in [-0.1, -0.05) is 34.6 Å². The smallest absolute Gasteiger partial charge is 0.0504 e. The minimum absolute atomic E-state index is 0.142. The first-order valence-electron chi connectivity index (χ1n) is 6.92. The Labute approximate surface area is 109 Å². The molecule has 102 valence electrons. The second kappa shape index (κ2) is 5.83. The second-order valence-corrected chi connectivity index (χ2v) is 8.69. The highest BCUT2D eigenvalue weighted by molar-refractivity contribution is 7.86. The van der Waals surface area contributed by atoms with E-state index in [-0.39, 0.29) is 16.5 Å². The molecule has 0 aromatic rings. The van der Waals surface area contributed by atoms with Gasteiger partial charge in [-0.25, -0.2) is 0 Å². The molecule has 0 heterocycles. The molecule has 2 nitrogen and oxygen atoms in total. The summed E-state index contributed by atoms with van der Waals surface area (Å²) in [6, 6.07) is 0.142. The molecule has 1 aliphatic carbocycles. The normalized spacial score (nSPS) is 34.4. The van der Waals surface area contributed by atoms with E-state index in [2.05, 4.69) is 34.6 Å². The summed E-state index contributed by atoms with van der Waals surface area (Å²) in [6.45, 7) is 11.1. The Morgan fingerprint density at radius 2 is 1.94 bits per heavy atom. The van der Waals surface area contributed by atoms with Crippen molar-refractivity contribution >= 4 is 10.8 Å². The van der Waals surface area contributed by atoms with E-state index in [4.69, 9.17) is 5.73 Å². The van der Waals surface area contributed by atoms with Gasteiger partial charge in [0, 0.05) is 22.1 Å². The van der Waals surface area contributed by atoms with Gasteiger partial charge in [0.25, 0.3) is 0 Å². The van der Waals surface area contributed by atoms with E-state index >= 15 is 0 Å². The summed E-state index contributed by atoms with van der Waals surface area (Å²) in [5.74, 6) is 0.667. The zero-order valence-electron chi connectivity index (χ0n) is 12.0. The van der Waals surface area contributed by atoms with Gasteiger partial charge >= 0.3 is 0 Å². The highest BCUT2D eigenvalue weighted by Gasteiger charge is 2.38. The van der Waals surface area contributed by atoms with Gasteiger partial charge in [-0.05, 0) is 37.0 Å². The van der Waals surface area contributed by atoms with Crippen LogP contribution in [0.2, 0.25) is 0 Å². The Morgan fingerprint density at radius 1 is 1.35 bits per heavy atom. The van der Waals surface area contributed by atoms with Crippen molar-refractivity contribution in [1.29, 1.82) is 0 Å². The molecular weight excluding hydrogens is 230 g/mol. The van der Waals surface area contributed by atoms with Gasteiger partial charge in [0.1, 0.15) is 0 Å². The lowest BCUT2D eigenvalue weighted by Gasteiger charge is -2.40. The molecule has 17 heavy (non-hydrogen) atoms. The quantitative estimate of drug-likeness (QED) is 0.846. The summed E-state index contributed by atoms with van der Waals surface area (Å²) in [5.41, 5.74) is 6.50. The third kappa shape index (κ3) is 3.78. The SMILES string of the molecule is CCC(C)S(=O)C1CC(C(C)(C)C)CCC1N. The van der Waals surface area contributed by atoms with Gasteiger partial charge < -0.3 is 5.73 Å². The monoisotopic (exact) mass is 259 g/mol. The number of hydrogen-bond acceptors (Lipinski definition) is 2. The standard InChI is InChI=1S/C14H29NOS/c1-6-10(2)17(16)13-9-11(14(3,4)5)7-8-12(13)15/h10-13H,6-9,15H2,1-5H3. The van der Waals surface area contributed by atoms with Crippen LogP contribution in [0, 0.1) is 11.3 Å². The molecule has 0 saturated heterocycles. The van der Waals surface area contributed by atoms with Crippen LogP contribution in [-0.4, -0.2) is 20.8 Å². The molecule has 5 unspecified atom stereocenters. The third-order valence-electron chi connectivity index (χ3n) is 4.34. The molecule has 0 radical (unpaired) electrons. The molecule has 3 heteroatoms. The summed E-state index contributed by atoms with van der Waals surface area (Å²) in [7, 11) is -0.762. The molecule has 0 aliphatic heterocycles. The fraction of sp³-hybridized carbons (Fsp3) is 1.00. The molecule has 1 saturated carbocycles. The van der Waals surface area contributed by atoms with Gasteiger partial charge in [0.05, 0.1) is 5.25 Å². The van der Waals surface area contributed by atoms with Crippen molar-refractivity contribution in [1.82, 2.24) is 0 Å². The fourth-order valence-corrected chi connectivity index (χ4v) is 4.50. The maximum Gasteiger partial charge on any atom is 0.0504 e. The maximum absolute atomic E-state index is 12.4. The Balaban J connectivity index is 2.73. The molecule has 0 spiro atoms. The number of nitrogens with two attached hydrogens (primary N) is 1. The molecule has 1 fully saturated rings. The predicted octanol–water partition coefficient (Wildman–Crippen LogP) is 3.08. The zero-order valence-corrected chi connectivity index (χ0v) is 12.8. The summed E-state index contributed by atoms with van der Waals surface area (Å²) >= 11 is 0. The second-order valence-electron chi connectivity index (χ2n) is 6.63. The molecule has 0 aromatic carbocycles. The summed E-state index contributed by atoms with van der Waals surface area (Å²) in [5, 5.41) is 0.493. The topological polar surface area (TPSA) is 43.1 Å². The zero-order chi connectivity index (χ0) is 13.2. The van der Waals surface area contributed by atoms with Gasteiger partial charge in [0.15, 0.2) is 0 Å². The van der Waals surface area contributed by atoms with Crippen LogP contribution in [0.15, 0.2) is 0 Å². The molecule has 2 N–H and O–H groups in total. The third-order valence-corrected chi connectivity index (χ3v) is 6.60. The fourth-order valence-electron chi connectivity index (χ4n) is 2.67. The van der Waals surface area contributed by atoms with Crippen molar-refractivity contribution in [2.24, 2.45) is 17.1 Å². The molecule has 1 rings (SSSR count). The minimum Gasteiger partial charge on any atom is -0.327 e. The highest BCUT2D eigenvalue weighted by Crippen LogP contribution is 2.39. The van der Waals surface area contributed by atoms with Crippen molar-refractivity contribution in [3.8, 4) is 0 Å². The van der Waals surface area contributed by atoms with E-state index in [1.165, 1.54) is 6.42 Å². The number of rotatable bonds is 3. The van der Waals surface area contributed by atoms with Crippen LogP contribution in [0.3, 0.4) is 0 Å². The van der Waals surface area contributed by atoms with Crippen molar-refractivity contribution in [2.75, 3.05) is 0 Å². The molecule has 1 aliphatic rings. The Hall–Kier alpha value is 0.110. The van der Waals surface area contributed by atoms with E-state index < -0.39 is 10.8 Å². The van der Waals surface area contributed by atoms with Crippen molar-refractivity contribution in [3.63, 3.8) is 0 Å². The van der Waals surface area contributed by atoms with Crippen molar-refractivity contribution < 1.29 is 4.21 Å². The van der Waals surface area contributed by atoms with Crippen LogP contribution >= 0.6 is 0 Å². The van der Waals surface area contributed by atoms with Crippen LogP contribution in [0.1, 0.15) is 60.3 Å². The summed E-state index contributed by atoms with van der Waals surface area (Å²) in [6.07, 6.45) is 4.26. The van der Waals surface area contributed by atoms with E-state index in [9.17, 15) is 4.21 Å². The lowest BCUT2D eigenvalue weighted by atomic mass is 9.71. The number of hydrogen-bond donors (Lipinski definition) is 1. The van der Waals surface area contributed by atoms with Gasteiger partial charge in [-0.15, -0.1) is 0 Å². The Bertz CT molecular complexity index is 272. The lowest BCUT2D eigenvalue weighted by molar-refractivity contribution is 0.172. The predicted molar refractivity (Wildman–Crippen MR) is 76.5 cm³/mol. The van der Waals surface area contributed by atoms with Crippen molar-refractivity contribution in [2.45, 2.75) is 76.8 Å². The average Bonchev–Trinajstić information content (AvgIpc) is 2.26. The molecule has 0 aromatic heterocycles. The van der Waals surface area contributed by atoms with Crippen LogP contribution < -0.4 is 5.73 Å². The lowest BCUT2D eigenvalue weighted by Crippen LogP contribution is -2.47. The van der Waals surface area contributed by atoms with Crippen LogP contribution in [-0.2, 0) is 10.8 Å². The van der Waals surface area contributed by atoms with Gasteiger partial charge in [-0.3, -0.25) is 4.21 Å². The van der Waals surface area contributed by atoms with Crippen LogP contribution in [0.5, 0.6) is 0 Å². The highest BCUT2D eigenvalue weighted by atomic mass is 32.2. The van der Waals surface area contributed by atoms with E-state index in [1.807, 2.05) is 0 Å². The average molecular weight is 259 g/mol. The van der Waals surface area contributed by atoms with Gasteiger partial charge in [-0.2, -0.15) is 0 Å². The maximum atomic E-state index is 12.4. The Kier molecular flexibility index (Phi) is 5.21. The first-order chi connectivity index (χ1) is 7.77. The minimum atomic E-state index is -0.762. The van der Waals surface area contributed by atoms with E-state index in [0.29, 0.717) is 11.3 Å². The van der Waals surface area contributed by atoms with Gasteiger partial charge in [0.2, 0.25) is 0 Å². The van der Waals surface area contributed by atoms with E-state index in [0.717, 1.165) is 19.3 Å². The Morgan fingerprint density at radius 3 is 2.41 bits per heavy atom. The van der Waals surface area contributed by atoms with Crippen LogP contribution in [0.25, 0.3) is 0 Å². The molecule has 0 amide bonds. The molecular formula is C14H29NOS. The first-order valence-corrected chi connectivity index (χ1v) is 8.20. The summed E-state index contributed by atoms with van der Waals surface area (Å²) in [4.78, 5) is 0. The largest absolute Gasteiger partial charge is 0.327 e. The first kappa shape index (κ1) is 15.2. The van der Waals surface area contributed by atoms with Crippen LogP contribution in [0.4, 0.5) is 0 Å². The van der Waals surface area contributed by atoms with Crippen molar-refractivity contribution in [3.05, 3.63) is 0 Å². The molecule has 0 bridgehead atoms. The van der Waals surface area contributed by atoms with E-state index in [1.54, 1.807) is 0 Å². The molecule has 5 atom stereocenters. The summed E-state index contributed by atoms with van der Waals surface area (Å²) < 4.78 is 12.4.